The summed E-state index contributed by atoms with van der Waals surface area (Å²) in [5.41, 5.74) is 4.87. The SMILES string of the molecule is Cc1c(CN2CCN(C(=O)OCC3c4ccccc4-c4ccccc43)CC2)cc(S(=O)(=O)F)cc1OS(=O)(=O)F. The molecular formula is C27H26F2N2O7S2. The monoisotopic (exact) mass is 592 g/mol. The predicted octanol–water partition coefficient (Wildman–Crippen LogP) is 4.31. The molecule has 212 valence electrons. The number of halogens is 2. The van der Waals surface area contributed by atoms with E-state index >= 15 is 0 Å². The summed E-state index contributed by atoms with van der Waals surface area (Å²) in [4.78, 5) is 15.5. The van der Waals surface area contributed by atoms with Gasteiger partial charge in [0.05, 0.1) is 0 Å². The van der Waals surface area contributed by atoms with Gasteiger partial charge in [-0.3, -0.25) is 4.90 Å². The molecule has 0 bridgehead atoms. The molecule has 1 amide bonds. The topological polar surface area (TPSA) is 110 Å². The molecule has 0 atom stereocenters. The average Bonchev–Trinajstić information content (AvgIpc) is 3.22. The number of hydrogen-bond donors (Lipinski definition) is 0. The van der Waals surface area contributed by atoms with Gasteiger partial charge in [0.15, 0.2) is 0 Å². The van der Waals surface area contributed by atoms with Gasteiger partial charge in [-0.15, -0.1) is 3.89 Å². The van der Waals surface area contributed by atoms with E-state index in [4.69, 9.17) is 4.74 Å². The molecule has 1 aliphatic heterocycles. The molecule has 2 aliphatic rings. The second kappa shape index (κ2) is 10.8. The smallest absolute Gasteiger partial charge is 0.448 e. The van der Waals surface area contributed by atoms with E-state index in [1.165, 1.54) is 6.92 Å². The molecule has 0 spiro atoms. The molecule has 5 rings (SSSR count). The molecule has 3 aromatic carbocycles. The summed E-state index contributed by atoms with van der Waals surface area (Å²) in [6.07, 6.45) is -0.452. The van der Waals surface area contributed by atoms with E-state index in [1.807, 2.05) is 41.3 Å². The lowest BCUT2D eigenvalue weighted by molar-refractivity contribution is 0.0728. The van der Waals surface area contributed by atoms with Gasteiger partial charge in [0.25, 0.3) is 0 Å². The first kappa shape index (κ1) is 28.0. The van der Waals surface area contributed by atoms with Crippen molar-refractivity contribution >= 4 is 26.8 Å². The highest BCUT2D eigenvalue weighted by Gasteiger charge is 2.31. The van der Waals surface area contributed by atoms with Crippen LogP contribution in [-0.4, -0.2) is 65.5 Å². The van der Waals surface area contributed by atoms with Crippen LogP contribution in [0.1, 0.15) is 28.2 Å². The predicted molar refractivity (Wildman–Crippen MR) is 142 cm³/mol. The zero-order valence-corrected chi connectivity index (χ0v) is 23.1. The van der Waals surface area contributed by atoms with Gasteiger partial charge in [-0.2, -0.15) is 16.8 Å². The maximum atomic E-state index is 13.7. The van der Waals surface area contributed by atoms with Crippen molar-refractivity contribution < 1.29 is 38.3 Å². The number of fused-ring (bicyclic) bond motifs is 3. The Morgan fingerprint density at radius 3 is 2.02 bits per heavy atom. The molecule has 40 heavy (non-hydrogen) atoms. The van der Waals surface area contributed by atoms with Crippen molar-refractivity contribution in [2.24, 2.45) is 0 Å². The maximum absolute atomic E-state index is 13.7. The third-order valence-corrected chi connectivity index (χ3v) is 8.45. The Morgan fingerprint density at radius 1 is 0.900 bits per heavy atom. The van der Waals surface area contributed by atoms with Crippen molar-refractivity contribution in [1.29, 1.82) is 0 Å². The number of piperazine rings is 1. The Balaban J connectivity index is 1.22. The Bertz CT molecular complexity index is 1630. The Labute approximate surface area is 231 Å². The third kappa shape index (κ3) is 5.96. The minimum absolute atomic E-state index is 0.0655. The van der Waals surface area contributed by atoms with Crippen LogP contribution in [0.3, 0.4) is 0 Å². The van der Waals surface area contributed by atoms with E-state index in [1.54, 1.807) is 4.90 Å². The molecular weight excluding hydrogens is 566 g/mol. The number of ether oxygens (including phenoxy) is 1. The molecule has 3 aromatic rings. The lowest BCUT2D eigenvalue weighted by Gasteiger charge is -2.34. The number of rotatable bonds is 7. The fraction of sp³-hybridized carbons (Fsp3) is 0.296. The zero-order chi connectivity index (χ0) is 28.7. The van der Waals surface area contributed by atoms with Crippen LogP contribution in [0.5, 0.6) is 5.75 Å². The normalized spacial score (nSPS) is 15.9. The number of carbonyl (C=O) groups is 1. The molecule has 0 saturated carbocycles. The second-order valence-corrected chi connectivity index (χ2v) is 12.0. The van der Waals surface area contributed by atoms with Crippen LogP contribution in [0.25, 0.3) is 11.1 Å². The maximum Gasteiger partial charge on any atom is 0.488 e. The van der Waals surface area contributed by atoms with E-state index in [0.29, 0.717) is 32.2 Å². The van der Waals surface area contributed by atoms with E-state index in [9.17, 15) is 29.4 Å². The summed E-state index contributed by atoms with van der Waals surface area (Å²) in [5.74, 6) is -0.683. The highest BCUT2D eigenvalue weighted by molar-refractivity contribution is 7.86. The largest absolute Gasteiger partial charge is 0.488 e. The minimum Gasteiger partial charge on any atom is -0.448 e. The zero-order valence-electron chi connectivity index (χ0n) is 21.4. The van der Waals surface area contributed by atoms with Gasteiger partial charge in [-0.05, 0) is 46.4 Å². The van der Waals surface area contributed by atoms with Gasteiger partial charge >= 0.3 is 26.8 Å². The average molecular weight is 593 g/mol. The fourth-order valence-electron chi connectivity index (χ4n) is 5.23. The summed E-state index contributed by atoms with van der Waals surface area (Å²) in [6.45, 7) is 3.10. The Hall–Kier alpha value is -3.55. The first-order valence-electron chi connectivity index (χ1n) is 12.5. The number of benzene rings is 3. The summed E-state index contributed by atoms with van der Waals surface area (Å²) < 4.78 is 81.8. The standard InChI is InChI=1S/C27H26F2N2O7S2/c1-18-19(14-20(39(28,33)34)15-26(18)38-40(29,35)36)16-30-10-12-31(13-11-30)27(32)37-17-25-23-8-4-2-6-21(23)22-7-3-5-9-24(22)25/h2-9,14-15,25H,10-13,16-17H2,1H3. The number of amides is 1. The number of hydrogen-bond acceptors (Lipinski definition) is 8. The number of carbonyl (C=O) groups excluding carboxylic acids is 1. The highest BCUT2D eigenvalue weighted by atomic mass is 32.3. The van der Waals surface area contributed by atoms with E-state index in [2.05, 4.69) is 16.3 Å². The van der Waals surface area contributed by atoms with Gasteiger partial charge in [0.1, 0.15) is 17.3 Å². The lowest BCUT2D eigenvalue weighted by atomic mass is 9.98. The van der Waals surface area contributed by atoms with Crippen LogP contribution in [0, 0.1) is 6.92 Å². The Morgan fingerprint density at radius 2 is 1.48 bits per heavy atom. The summed E-state index contributed by atoms with van der Waals surface area (Å²) in [6, 6.07) is 17.8. The van der Waals surface area contributed by atoms with E-state index in [0.717, 1.165) is 28.3 Å². The van der Waals surface area contributed by atoms with Gasteiger partial charge in [0, 0.05) is 44.7 Å². The van der Waals surface area contributed by atoms with Crippen molar-refractivity contribution in [3.05, 3.63) is 82.9 Å². The first-order chi connectivity index (χ1) is 18.9. The molecule has 1 saturated heterocycles. The molecule has 0 N–H and O–H groups in total. The fourth-order valence-corrected chi connectivity index (χ4v) is 6.15. The van der Waals surface area contributed by atoms with Crippen molar-refractivity contribution in [1.82, 2.24) is 9.80 Å². The van der Waals surface area contributed by atoms with Crippen LogP contribution in [0.2, 0.25) is 0 Å². The van der Waals surface area contributed by atoms with Crippen molar-refractivity contribution in [3.63, 3.8) is 0 Å². The van der Waals surface area contributed by atoms with Crippen LogP contribution in [0.4, 0.5) is 12.6 Å². The molecule has 1 fully saturated rings. The number of nitrogens with zero attached hydrogens (tertiary/aromatic N) is 2. The van der Waals surface area contributed by atoms with Crippen LogP contribution >= 0.6 is 0 Å². The molecule has 13 heteroatoms. The molecule has 0 radical (unpaired) electrons. The Kier molecular flexibility index (Phi) is 7.55. The summed E-state index contributed by atoms with van der Waals surface area (Å²) >= 11 is 0. The van der Waals surface area contributed by atoms with Crippen LogP contribution in [-0.2, 0) is 32.0 Å². The highest BCUT2D eigenvalue weighted by Crippen LogP contribution is 2.44. The van der Waals surface area contributed by atoms with Gasteiger partial charge in [-0.25, -0.2) is 4.79 Å². The van der Waals surface area contributed by atoms with Crippen LogP contribution in [0.15, 0.2) is 65.6 Å². The quantitative estimate of drug-likeness (QED) is 0.374. The van der Waals surface area contributed by atoms with Crippen molar-refractivity contribution in [2.75, 3.05) is 32.8 Å². The molecule has 1 aliphatic carbocycles. The van der Waals surface area contributed by atoms with Crippen molar-refractivity contribution in [3.8, 4) is 16.9 Å². The molecule has 0 aromatic heterocycles. The van der Waals surface area contributed by atoms with Gasteiger partial charge in [-0.1, -0.05) is 52.4 Å². The molecule has 1 heterocycles. The molecule has 0 unspecified atom stereocenters. The van der Waals surface area contributed by atoms with Gasteiger partial charge < -0.3 is 13.8 Å². The van der Waals surface area contributed by atoms with E-state index in [-0.39, 0.29) is 30.2 Å². The third-order valence-electron chi connectivity index (χ3n) is 7.27. The summed E-state index contributed by atoms with van der Waals surface area (Å²) in [5, 5.41) is 0. The van der Waals surface area contributed by atoms with Gasteiger partial charge in [0.2, 0.25) is 0 Å². The first-order valence-corrected chi connectivity index (χ1v) is 15.1. The summed E-state index contributed by atoms with van der Waals surface area (Å²) in [7, 11) is -10.7. The van der Waals surface area contributed by atoms with Crippen molar-refractivity contribution in [2.45, 2.75) is 24.3 Å². The molecule has 9 nitrogen and oxygen atoms in total. The minimum atomic E-state index is -5.46. The lowest BCUT2D eigenvalue weighted by Crippen LogP contribution is -2.48. The second-order valence-electron chi connectivity index (χ2n) is 9.69. The van der Waals surface area contributed by atoms with E-state index < -0.39 is 37.5 Å². The van der Waals surface area contributed by atoms with Crippen LogP contribution < -0.4 is 4.18 Å².